The molecule has 142 valence electrons. The third kappa shape index (κ3) is 3.48. The van der Waals surface area contributed by atoms with Gasteiger partial charge in [-0.05, 0) is 31.2 Å². The number of benzene rings is 2. The molecule has 0 radical (unpaired) electrons. The molecule has 0 atom stereocenters. The van der Waals surface area contributed by atoms with Gasteiger partial charge in [0.15, 0.2) is 5.69 Å². The number of hydrogen-bond donors (Lipinski definition) is 2. The molecule has 0 saturated heterocycles. The molecule has 0 aliphatic rings. The number of nitrogens with one attached hydrogen (secondary N) is 2. The summed E-state index contributed by atoms with van der Waals surface area (Å²) in [4.78, 5) is 19.8. The van der Waals surface area contributed by atoms with Gasteiger partial charge in [-0.15, -0.1) is 10.2 Å². The minimum atomic E-state index is -0.525. The molecule has 0 amide bonds. The molecule has 0 unspecified atom stereocenters. The van der Waals surface area contributed by atoms with Crippen molar-refractivity contribution in [2.45, 2.75) is 13.3 Å². The Balaban J connectivity index is 1.58. The van der Waals surface area contributed by atoms with Crippen LogP contribution in [0.5, 0.6) is 0 Å². The first-order valence-electron chi connectivity index (χ1n) is 8.96. The summed E-state index contributed by atoms with van der Waals surface area (Å²) in [5.74, 6) is -0.117. The average molecular weight is 379 g/mol. The second-order valence-electron chi connectivity index (χ2n) is 6.18. The highest BCUT2D eigenvalue weighted by Crippen LogP contribution is 2.25. The zero-order valence-corrected chi connectivity index (χ0v) is 15.2. The molecule has 4 aromatic rings. The third-order valence-electron chi connectivity index (χ3n) is 4.29. The molecule has 7 nitrogen and oxygen atoms in total. The molecule has 0 bridgehead atoms. The van der Waals surface area contributed by atoms with Crippen molar-refractivity contribution in [2.75, 3.05) is 18.5 Å². The van der Waals surface area contributed by atoms with Crippen molar-refractivity contribution in [3.05, 3.63) is 59.8 Å². The number of esters is 1. The maximum Gasteiger partial charge on any atom is 0.361 e. The number of H-pyrrole nitrogens is 1. The van der Waals surface area contributed by atoms with E-state index >= 15 is 0 Å². The minimum absolute atomic E-state index is 0.146. The fraction of sp³-hybridized carbons (Fsp3) is 0.200. The van der Waals surface area contributed by atoms with Crippen LogP contribution in [0.4, 0.5) is 10.1 Å². The molecule has 8 heteroatoms. The van der Waals surface area contributed by atoms with Crippen molar-refractivity contribution >= 4 is 33.6 Å². The normalized spacial score (nSPS) is 11.1. The second kappa shape index (κ2) is 7.59. The van der Waals surface area contributed by atoms with E-state index in [1.165, 1.54) is 12.1 Å². The van der Waals surface area contributed by atoms with Crippen LogP contribution in [0, 0.1) is 5.82 Å². The number of carbonyl (C=O) groups excluding carboxylic acids is 1. The summed E-state index contributed by atoms with van der Waals surface area (Å²) in [6.07, 6.45) is 0.551. The van der Waals surface area contributed by atoms with E-state index in [-0.39, 0.29) is 18.1 Å². The van der Waals surface area contributed by atoms with Crippen LogP contribution in [0.2, 0.25) is 0 Å². The zero-order valence-electron chi connectivity index (χ0n) is 15.2. The number of carbonyl (C=O) groups is 1. The van der Waals surface area contributed by atoms with Crippen LogP contribution in [-0.4, -0.2) is 39.3 Å². The van der Waals surface area contributed by atoms with Gasteiger partial charge in [0.05, 0.1) is 28.8 Å². The Bertz CT molecular complexity index is 1160. The van der Waals surface area contributed by atoms with Crippen LogP contribution >= 0.6 is 0 Å². The van der Waals surface area contributed by atoms with E-state index in [1.54, 1.807) is 13.0 Å². The van der Waals surface area contributed by atoms with Crippen molar-refractivity contribution in [3.63, 3.8) is 0 Å². The fourth-order valence-corrected chi connectivity index (χ4v) is 3.03. The van der Waals surface area contributed by atoms with E-state index in [0.717, 1.165) is 11.2 Å². The molecule has 4 rings (SSSR count). The van der Waals surface area contributed by atoms with Gasteiger partial charge in [0, 0.05) is 18.4 Å². The van der Waals surface area contributed by atoms with Crippen LogP contribution in [0.25, 0.3) is 21.9 Å². The molecule has 0 fully saturated rings. The van der Waals surface area contributed by atoms with E-state index < -0.39 is 5.97 Å². The highest BCUT2D eigenvalue weighted by atomic mass is 19.1. The topological polar surface area (TPSA) is 92.8 Å². The Labute approximate surface area is 160 Å². The zero-order chi connectivity index (χ0) is 19.5. The van der Waals surface area contributed by atoms with Crippen molar-refractivity contribution in [3.8, 4) is 0 Å². The third-order valence-corrected chi connectivity index (χ3v) is 4.29. The summed E-state index contributed by atoms with van der Waals surface area (Å²) in [6.45, 7) is 2.48. The lowest BCUT2D eigenvalue weighted by Gasteiger charge is -2.12. The molecule has 0 aliphatic heterocycles. The van der Waals surface area contributed by atoms with Crippen LogP contribution in [0.15, 0.2) is 42.5 Å². The van der Waals surface area contributed by atoms with Crippen molar-refractivity contribution in [1.82, 2.24) is 20.2 Å². The van der Waals surface area contributed by atoms with Gasteiger partial charge in [0.1, 0.15) is 11.6 Å². The number of rotatable bonds is 6. The predicted molar refractivity (Wildman–Crippen MR) is 104 cm³/mol. The Morgan fingerprint density at radius 3 is 2.89 bits per heavy atom. The van der Waals surface area contributed by atoms with Crippen LogP contribution in [-0.2, 0) is 11.2 Å². The van der Waals surface area contributed by atoms with Gasteiger partial charge in [-0.25, -0.2) is 14.2 Å². The number of fused-ring (bicyclic) bond motifs is 2. The summed E-state index contributed by atoms with van der Waals surface area (Å²) in [7, 11) is 0. The molecule has 2 heterocycles. The van der Waals surface area contributed by atoms with E-state index in [2.05, 4.69) is 25.5 Å². The van der Waals surface area contributed by atoms with Gasteiger partial charge in [-0.3, -0.25) is 0 Å². The lowest BCUT2D eigenvalue weighted by Crippen LogP contribution is -2.15. The second-order valence-corrected chi connectivity index (χ2v) is 6.18. The van der Waals surface area contributed by atoms with Crippen molar-refractivity contribution in [1.29, 1.82) is 0 Å². The molecule has 2 N–H and O–H groups in total. The standard InChI is InChI=1S/C20H18FN5O2/c1-2-28-20(27)19-18(13-5-3-4-6-14(13)25-26-19)22-10-9-17-23-15-8-7-12(21)11-16(15)24-17/h3-8,11H,2,9-10H2,1H3,(H,22,25)(H,23,24). The van der Waals surface area contributed by atoms with Crippen molar-refractivity contribution < 1.29 is 13.9 Å². The largest absolute Gasteiger partial charge is 0.461 e. The monoisotopic (exact) mass is 379 g/mol. The van der Waals surface area contributed by atoms with Gasteiger partial charge in [0.2, 0.25) is 0 Å². The highest BCUT2D eigenvalue weighted by molar-refractivity contribution is 6.03. The molecule has 0 spiro atoms. The van der Waals surface area contributed by atoms with E-state index in [0.29, 0.717) is 35.2 Å². The summed E-state index contributed by atoms with van der Waals surface area (Å²) < 4.78 is 18.4. The maximum atomic E-state index is 13.3. The molecule has 2 aromatic heterocycles. The Hall–Kier alpha value is -3.55. The molecule has 2 aromatic carbocycles. The van der Waals surface area contributed by atoms with Gasteiger partial charge < -0.3 is 15.0 Å². The summed E-state index contributed by atoms with van der Waals surface area (Å²) >= 11 is 0. The average Bonchev–Trinajstić information content (AvgIpc) is 3.10. The minimum Gasteiger partial charge on any atom is -0.461 e. The number of imidazole rings is 1. The smallest absolute Gasteiger partial charge is 0.361 e. The summed E-state index contributed by atoms with van der Waals surface area (Å²) in [5.41, 5.74) is 2.76. The van der Waals surface area contributed by atoms with Gasteiger partial charge >= 0.3 is 5.97 Å². The van der Waals surface area contributed by atoms with Crippen LogP contribution < -0.4 is 5.32 Å². The maximum absolute atomic E-state index is 13.3. The van der Waals surface area contributed by atoms with Gasteiger partial charge in [-0.1, -0.05) is 18.2 Å². The number of aromatic nitrogens is 4. The first-order valence-corrected chi connectivity index (χ1v) is 8.96. The highest BCUT2D eigenvalue weighted by Gasteiger charge is 2.18. The molecular formula is C20H18FN5O2. The number of halogens is 1. The van der Waals surface area contributed by atoms with Gasteiger partial charge in [-0.2, -0.15) is 0 Å². The first-order chi connectivity index (χ1) is 13.7. The Morgan fingerprint density at radius 2 is 2.04 bits per heavy atom. The Kier molecular flexibility index (Phi) is 4.84. The molecule has 0 aliphatic carbocycles. The number of anilines is 1. The first kappa shape index (κ1) is 17.8. The number of ether oxygens (including phenoxy) is 1. The van der Waals surface area contributed by atoms with E-state index in [4.69, 9.17) is 4.74 Å². The summed E-state index contributed by atoms with van der Waals surface area (Å²) in [6, 6.07) is 11.9. The number of nitrogens with zero attached hydrogens (tertiary/aromatic N) is 3. The van der Waals surface area contributed by atoms with E-state index in [9.17, 15) is 9.18 Å². The van der Waals surface area contributed by atoms with Crippen molar-refractivity contribution in [2.24, 2.45) is 0 Å². The van der Waals surface area contributed by atoms with E-state index in [1.807, 2.05) is 24.3 Å². The predicted octanol–water partition coefficient (Wildman–Crippen LogP) is 3.48. The molecule has 0 saturated carbocycles. The molecule has 28 heavy (non-hydrogen) atoms. The SMILES string of the molecule is CCOC(=O)c1nnc2ccccc2c1NCCc1nc2ccc(F)cc2[nH]1. The lowest BCUT2D eigenvalue weighted by atomic mass is 10.1. The Morgan fingerprint density at radius 1 is 1.18 bits per heavy atom. The number of hydrogen-bond acceptors (Lipinski definition) is 6. The van der Waals surface area contributed by atoms with Crippen LogP contribution in [0.1, 0.15) is 23.2 Å². The quantitative estimate of drug-likeness (QED) is 0.498. The van der Waals surface area contributed by atoms with Crippen LogP contribution in [0.3, 0.4) is 0 Å². The van der Waals surface area contributed by atoms with Gasteiger partial charge in [0.25, 0.3) is 0 Å². The number of aromatic amines is 1. The molecular weight excluding hydrogens is 361 g/mol. The lowest BCUT2D eigenvalue weighted by molar-refractivity contribution is 0.0519. The summed E-state index contributed by atoms with van der Waals surface area (Å²) in [5, 5.41) is 12.2. The fourth-order valence-electron chi connectivity index (χ4n) is 3.03.